The summed E-state index contributed by atoms with van der Waals surface area (Å²) in [5.74, 6) is 0. The molecule has 2 rings (SSSR count). The third-order valence-corrected chi connectivity index (χ3v) is 3.96. The molecule has 1 aromatic carbocycles. The second kappa shape index (κ2) is 7.12. The second-order valence-corrected chi connectivity index (χ2v) is 5.95. The summed E-state index contributed by atoms with van der Waals surface area (Å²) < 4.78 is 2.12. The number of nitrogens with zero attached hydrogens (tertiary/aromatic N) is 2. The van der Waals surface area contributed by atoms with Crippen molar-refractivity contribution in [1.29, 1.82) is 0 Å². The molecule has 100 valence electrons. The number of hydrogen-bond acceptors (Lipinski definition) is 3. The smallest absolute Gasteiger partial charge is 0.0801 e. The Morgan fingerprint density at radius 3 is 2.79 bits per heavy atom. The summed E-state index contributed by atoms with van der Waals surface area (Å²) in [4.78, 5) is 8.58. The van der Waals surface area contributed by atoms with Crippen LogP contribution in [0.15, 0.2) is 45.7 Å². The fraction of sp³-hybridized carbons (Fsp3) is 0.286. The zero-order valence-corrected chi connectivity index (χ0v) is 13.8. The minimum absolute atomic E-state index is 0.0422. The van der Waals surface area contributed by atoms with Gasteiger partial charge in [-0.1, -0.05) is 38.8 Å². The van der Waals surface area contributed by atoms with Gasteiger partial charge in [-0.15, -0.1) is 0 Å². The average Bonchev–Trinajstić information content (AvgIpc) is 2.44. The molecule has 1 atom stereocenters. The van der Waals surface area contributed by atoms with Gasteiger partial charge in [0, 0.05) is 21.3 Å². The van der Waals surface area contributed by atoms with E-state index < -0.39 is 0 Å². The van der Waals surface area contributed by atoms with E-state index in [2.05, 4.69) is 60.1 Å². The highest BCUT2D eigenvalue weighted by Gasteiger charge is 2.17. The van der Waals surface area contributed by atoms with E-state index in [4.69, 9.17) is 0 Å². The lowest BCUT2D eigenvalue weighted by atomic mass is 10.0. The summed E-state index contributed by atoms with van der Waals surface area (Å²) in [5, 5.41) is 3.52. The molecule has 0 aliphatic carbocycles. The Morgan fingerprint density at radius 2 is 2.11 bits per heavy atom. The van der Waals surface area contributed by atoms with Gasteiger partial charge in [0.25, 0.3) is 0 Å². The van der Waals surface area contributed by atoms with Crippen LogP contribution in [0, 0.1) is 0 Å². The van der Waals surface area contributed by atoms with Crippen molar-refractivity contribution >= 4 is 31.9 Å². The molecular formula is C14H15Br2N3. The van der Waals surface area contributed by atoms with Gasteiger partial charge in [-0.2, -0.15) is 0 Å². The van der Waals surface area contributed by atoms with E-state index in [-0.39, 0.29) is 6.04 Å². The average molecular weight is 385 g/mol. The summed E-state index contributed by atoms with van der Waals surface area (Å²) in [6.45, 7) is 3.08. The summed E-state index contributed by atoms with van der Waals surface area (Å²) in [6.07, 6.45) is 6.29. The normalized spacial score (nSPS) is 12.4. The summed E-state index contributed by atoms with van der Waals surface area (Å²) in [5.41, 5.74) is 2.08. The Morgan fingerprint density at radius 1 is 1.26 bits per heavy atom. The Hall–Kier alpha value is -0.780. The van der Waals surface area contributed by atoms with Crippen molar-refractivity contribution in [2.45, 2.75) is 19.4 Å². The SMILES string of the molecule is CCCNC(c1cnccn1)c1cc(Br)ccc1Br. The number of rotatable bonds is 5. The highest BCUT2D eigenvalue weighted by atomic mass is 79.9. The van der Waals surface area contributed by atoms with E-state index in [0.29, 0.717) is 0 Å². The number of nitrogens with one attached hydrogen (secondary N) is 1. The van der Waals surface area contributed by atoms with Gasteiger partial charge < -0.3 is 5.32 Å². The lowest BCUT2D eigenvalue weighted by molar-refractivity contribution is 0.582. The van der Waals surface area contributed by atoms with Gasteiger partial charge in [-0.25, -0.2) is 0 Å². The Labute approximate surface area is 130 Å². The van der Waals surface area contributed by atoms with E-state index >= 15 is 0 Å². The molecule has 1 unspecified atom stereocenters. The first-order valence-electron chi connectivity index (χ1n) is 6.16. The molecule has 1 N–H and O–H groups in total. The molecule has 0 saturated carbocycles. The van der Waals surface area contributed by atoms with E-state index in [0.717, 1.165) is 33.2 Å². The fourth-order valence-electron chi connectivity index (χ4n) is 1.86. The van der Waals surface area contributed by atoms with Gasteiger partial charge in [-0.05, 0) is 36.7 Å². The molecule has 0 radical (unpaired) electrons. The van der Waals surface area contributed by atoms with Crippen LogP contribution in [0.5, 0.6) is 0 Å². The van der Waals surface area contributed by atoms with Crippen molar-refractivity contribution in [2.24, 2.45) is 0 Å². The van der Waals surface area contributed by atoms with E-state index in [1.54, 1.807) is 18.6 Å². The van der Waals surface area contributed by atoms with Gasteiger partial charge >= 0.3 is 0 Å². The molecule has 1 aromatic heterocycles. The summed E-state index contributed by atoms with van der Waals surface area (Å²) in [7, 11) is 0. The highest BCUT2D eigenvalue weighted by molar-refractivity contribution is 9.11. The van der Waals surface area contributed by atoms with Crippen LogP contribution in [-0.2, 0) is 0 Å². The van der Waals surface area contributed by atoms with Crippen LogP contribution in [0.2, 0.25) is 0 Å². The predicted octanol–water partition coefficient (Wildman–Crippen LogP) is 4.09. The van der Waals surface area contributed by atoms with Crippen molar-refractivity contribution < 1.29 is 0 Å². The Balaban J connectivity index is 2.40. The van der Waals surface area contributed by atoms with Crippen molar-refractivity contribution in [1.82, 2.24) is 15.3 Å². The summed E-state index contributed by atoms with van der Waals surface area (Å²) in [6, 6.07) is 6.20. The summed E-state index contributed by atoms with van der Waals surface area (Å²) >= 11 is 7.13. The van der Waals surface area contributed by atoms with Crippen molar-refractivity contribution in [3.05, 3.63) is 57.0 Å². The van der Waals surface area contributed by atoms with Crippen LogP contribution in [0.3, 0.4) is 0 Å². The highest BCUT2D eigenvalue weighted by Crippen LogP contribution is 2.30. The molecule has 0 saturated heterocycles. The van der Waals surface area contributed by atoms with Crippen LogP contribution >= 0.6 is 31.9 Å². The molecule has 2 aromatic rings. The van der Waals surface area contributed by atoms with Gasteiger partial charge in [0.1, 0.15) is 0 Å². The quantitative estimate of drug-likeness (QED) is 0.843. The largest absolute Gasteiger partial charge is 0.305 e. The first kappa shape index (κ1) is 14.6. The topological polar surface area (TPSA) is 37.8 Å². The maximum absolute atomic E-state index is 4.42. The predicted molar refractivity (Wildman–Crippen MR) is 84.0 cm³/mol. The van der Waals surface area contributed by atoms with Crippen LogP contribution in [0.25, 0.3) is 0 Å². The standard InChI is InChI=1S/C14H15Br2N3/c1-2-5-19-14(13-9-17-6-7-18-13)11-8-10(15)3-4-12(11)16/h3-4,6-9,14,19H,2,5H2,1H3. The molecule has 0 amide bonds. The maximum atomic E-state index is 4.42. The van der Waals surface area contributed by atoms with Crippen molar-refractivity contribution in [3.8, 4) is 0 Å². The zero-order valence-electron chi connectivity index (χ0n) is 10.6. The van der Waals surface area contributed by atoms with Gasteiger partial charge in [0.15, 0.2) is 0 Å². The van der Waals surface area contributed by atoms with Gasteiger partial charge in [0.2, 0.25) is 0 Å². The third-order valence-electron chi connectivity index (χ3n) is 2.75. The number of halogens is 2. The lowest BCUT2D eigenvalue weighted by Gasteiger charge is -2.19. The second-order valence-electron chi connectivity index (χ2n) is 4.18. The molecule has 0 aliphatic heterocycles. The van der Waals surface area contributed by atoms with Gasteiger partial charge in [-0.3, -0.25) is 9.97 Å². The Bertz CT molecular complexity index is 531. The third kappa shape index (κ3) is 3.84. The van der Waals surface area contributed by atoms with Crippen LogP contribution < -0.4 is 5.32 Å². The minimum atomic E-state index is 0.0422. The van der Waals surface area contributed by atoms with Gasteiger partial charge in [0.05, 0.1) is 17.9 Å². The molecule has 5 heteroatoms. The molecule has 19 heavy (non-hydrogen) atoms. The van der Waals surface area contributed by atoms with Crippen LogP contribution in [0.1, 0.15) is 30.6 Å². The maximum Gasteiger partial charge on any atom is 0.0801 e. The monoisotopic (exact) mass is 383 g/mol. The van der Waals surface area contributed by atoms with E-state index in [9.17, 15) is 0 Å². The van der Waals surface area contributed by atoms with Crippen LogP contribution in [0.4, 0.5) is 0 Å². The molecule has 0 aliphatic rings. The first-order valence-corrected chi connectivity index (χ1v) is 7.75. The fourth-order valence-corrected chi connectivity index (χ4v) is 2.71. The molecule has 1 heterocycles. The van der Waals surface area contributed by atoms with Crippen LogP contribution in [-0.4, -0.2) is 16.5 Å². The van der Waals surface area contributed by atoms with Crippen molar-refractivity contribution in [3.63, 3.8) is 0 Å². The molecule has 0 bridgehead atoms. The van der Waals surface area contributed by atoms with E-state index in [1.165, 1.54) is 0 Å². The lowest BCUT2D eigenvalue weighted by Crippen LogP contribution is -2.24. The molecule has 0 spiro atoms. The minimum Gasteiger partial charge on any atom is -0.305 e. The Kier molecular flexibility index (Phi) is 5.48. The zero-order chi connectivity index (χ0) is 13.7. The number of aromatic nitrogens is 2. The first-order chi connectivity index (χ1) is 9.22. The molecule has 3 nitrogen and oxygen atoms in total. The van der Waals surface area contributed by atoms with Crippen molar-refractivity contribution in [2.75, 3.05) is 6.54 Å². The van der Waals surface area contributed by atoms with E-state index in [1.807, 2.05) is 12.1 Å². The number of hydrogen-bond donors (Lipinski definition) is 1. The number of benzene rings is 1. The molecule has 0 fully saturated rings. The molecular weight excluding hydrogens is 370 g/mol.